The molecule has 0 aliphatic rings. The van der Waals surface area contributed by atoms with Gasteiger partial charge in [-0.3, -0.25) is 9.36 Å². The largest absolute Gasteiger partial charge is 0.591 e. The summed E-state index contributed by atoms with van der Waals surface area (Å²) in [5.74, 6) is 0.529. The Morgan fingerprint density at radius 1 is 1.28 bits per heavy atom. The smallest absolute Gasteiger partial charge is 0.261 e. The molecule has 0 saturated heterocycles. The summed E-state index contributed by atoms with van der Waals surface area (Å²) in [5, 5.41) is 0.515. The van der Waals surface area contributed by atoms with E-state index in [0.29, 0.717) is 22.4 Å². The minimum atomic E-state index is -1.41. The van der Waals surface area contributed by atoms with Crippen molar-refractivity contribution in [2.24, 2.45) is 11.4 Å². The fraction of sp³-hybridized carbons (Fsp3) is 0.333. The van der Waals surface area contributed by atoms with E-state index < -0.39 is 16.1 Å². The van der Waals surface area contributed by atoms with Gasteiger partial charge in [-0.05, 0) is 87.0 Å². The van der Waals surface area contributed by atoms with Crippen LogP contribution in [-0.2, 0) is 18.4 Å². The van der Waals surface area contributed by atoms with E-state index in [0.717, 1.165) is 20.4 Å². The highest BCUT2D eigenvalue weighted by atomic mass is 127. The van der Waals surface area contributed by atoms with Gasteiger partial charge in [-0.15, -0.1) is 0 Å². The van der Waals surface area contributed by atoms with Gasteiger partial charge in [0.1, 0.15) is 25.6 Å². The Bertz CT molecular complexity index is 1160. The molecule has 0 fully saturated rings. The molecular formula is C21H23IN4O2S. The summed E-state index contributed by atoms with van der Waals surface area (Å²) in [6.45, 7) is 9.37. The van der Waals surface area contributed by atoms with Crippen LogP contribution in [0.5, 0.6) is 0 Å². The zero-order valence-electron chi connectivity index (χ0n) is 17.3. The summed E-state index contributed by atoms with van der Waals surface area (Å²) >= 11 is 0.731. The predicted octanol–water partition coefficient (Wildman–Crippen LogP) is 4.18. The molecule has 8 heteroatoms. The van der Waals surface area contributed by atoms with Crippen LogP contribution in [0.1, 0.15) is 38.8 Å². The van der Waals surface area contributed by atoms with E-state index in [9.17, 15) is 9.35 Å². The number of aryl methyl sites for hydroxylation is 1. The molecule has 2 aromatic heterocycles. The summed E-state index contributed by atoms with van der Waals surface area (Å²) in [7, 11) is 1.71. The minimum absolute atomic E-state index is 0.141. The highest BCUT2D eigenvalue weighted by molar-refractivity contribution is 14.1. The summed E-state index contributed by atoms with van der Waals surface area (Å²) in [6, 6.07) is 7.54. The molecule has 0 spiro atoms. The minimum Gasteiger partial charge on any atom is -0.591 e. The van der Waals surface area contributed by atoms with Crippen molar-refractivity contribution in [1.29, 1.82) is 0 Å². The molecule has 1 aromatic carbocycles. The highest BCUT2D eigenvalue weighted by Gasteiger charge is 2.27. The lowest BCUT2D eigenvalue weighted by molar-refractivity contribution is 0.561. The van der Waals surface area contributed by atoms with Crippen LogP contribution in [0.2, 0.25) is 0 Å². The van der Waals surface area contributed by atoms with Gasteiger partial charge in [-0.2, -0.15) is 0 Å². The first-order valence-electron chi connectivity index (χ1n) is 9.10. The fourth-order valence-corrected chi connectivity index (χ4v) is 3.81. The van der Waals surface area contributed by atoms with Gasteiger partial charge in [0, 0.05) is 24.4 Å². The second-order valence-corrected chi connectivity index (χ2v) is 10.9. The van der Waals surface area contributed by atoms with Crippen LogP contribution < -0.4 is 5.56 Å². The van der Waals surface area contributed by atoms with Crippen LogP contribution in [0, 0.1) is 10.6 Å². The van der Waals surface area contributed by atoms with Crippen molar-refractivity contribution in [2.75, 3.05) is 0 Å². The van der Waals surface area contributed by atoms with Crippen LogP contribution in [0.15, 0.2) is 39.7 Å². The third kappa shape index (κ3) is 4.54. The average Bonchev–Trinajstić information content (AvgIpc) is 2.64. The molecule has 0 amide bonds. The molecule has 3 aromatic rings. The number of halogens is 1. The lowest BCUT2D eigenvalue weighted by Crippen LogP contribution is -2.27. The topological polar surface area (TPSA) is 83.2 Å². The molecule has 29 heavy (non-hydrogen) atoms. The maximum absolute atomic E-state index is 13.1. The Labute approximate surface area is 187 Å². The number of hydrogen-bond donors (Lipinski definition) is 0. The van der Waals surface area contributed by atoms with Crippen molar-refractivity contribution in [1.82, 2.24) is 14.5 Å². The molecule has 0 aliphatic carbocycles. The molecular weight excluding hydrogens is 499 g/mol. The zero-order chi connectivity index (χ0) is 21.5. The third-order valence-electron chi connectivity index (χ3n) is 4.44. The van der Waals surface area contributed by atoms with Gasteiger partial charge in [-0.1, -0.05) is 4.40 Å². The molecule has 0 bridgehead atoms. The number of nitrogens with zero attached hydrogens (tertiary/aromatic N) is 4. The predicted molar refractivity (Wildman–Crippen MR) is 128 cm³/mol. The molecule has 0 radical (unpaired) electrons. The summed E-state index contributed by atoms with van der Waals surface area (Å²) < 4.78 is 18.9. The summed E-state index contributed by atoms with van der Waals surface area (Å²) in [4.78, 5) is 22.2. The molecule has 0 saturated carbocycles. The van der Waals surface area contributed by atoms with E-state index in [4.69, 9.17) is 4.98 Å². The Morgan fingerprint density at radius 2 is 1.97 bits per heavy atom. The quantitative estimate of drug-likeness (QED) is 0.224. The van der Waals surface area contributed by atoms with E-state index in [1.807, 2.05) is 58.9 Å². The zero-order valence-corrected chi connectivity index (χ0v) is 20.3. The van der Waals surface area contributed by atoms with Crippen molar-refractivity contribution in [2.45, 2.75) is 39.4 Å². The van der Waals surface area contributed by atoms with Gasteiger partial charge in [0.25, 0.3) is 5.56 Å². The van der Waals surface area contributed by atoms with Gasteiger partial charge < -0.3 is 4.55 Å². The second kappa shape index (κ2) is 8.16. The van der Waals surface area contributed by atoms with Crippen LogP contribution in [0.25, 0.3) is 22.3 Å². The van der Waals surface area contributed by atoms with Gasteiger partial charge in [-0.25, -0.2) is 9.97 Å². The second-order valence-electron chi connectivity index (χ2n) is 7.92. The molecule has 6 nitrogen and oxygen atoms in total. The highest BCUT2D eigenvalue weighted by Crippen LogP contribution is 2.24. The molecule has 0 N–H and O–H groups in total. The Balaban J connectivity index is 2.30. The van der Waals surface area contributed by atoms with Crippen LogP contribution >= 0.6 is 22.6 Å². The van der Waals surface area contributed by atoms with E-state index in [1.165, 1.54) is 4.57 Å². The van der Waals surface area contributed by atoms with E-state index >= 15 is 0 Å². The van der Waals surface area contributed by atoms with Gasteiger partial charge in [0.15, 0.2) is 0 Å². The molecule has 1 unspecified atom stereocenters. The average molecular weight is 522 g/mol. The van der Waals surface area contributed by atoms with Gasteiger partial charge in [0.05, 0.1) is 16.6 Å². The fourth-order valence-electron chi connectivity index (χ4n) is 2.87. The maximum atomic E-state index is 13.1. The first-order valence-corrected chi connectivity index (χ1v) is 11.3. The Kier molecular flexibility index (Phi) is 6.16. The van der Waals surface area contributed by atoms with Crippen LogP contribution in [0.3, 0.4) is 0 Å². The van der Waals surface area contributed by atoms with Gasteiger partial charge >= 0.3 is 0 Å². The van der Waals surface area contributed by atoms with E-state index in [1.54, 1.807) is 13.2 Å². The summed E-state index contributed by atoms with van der Waals surface area (Å²) in [5.41, 5.74) is 3.41. The molecule has 2 heterocycles. The van der Waals surface area contributed by atoms with Gasteiger partial charge in [0.2, 0.25) is 0 Å². The SMILES string of the molecule is CC(=N[S+]([O-])C(C)(C)C)c1cc(C)cc2c(=O)n(C)c(-c3ccc(I)nc3)nc12. The lowest BCUT2D eigenvalue weighted by atomic mass is 10.0. The number of aromatic nitrogens is 3. The molecule has 152 valence electrons. The van der Waals surface area contributed by atoms with Crippen LogP contribution in [0.4, 0.5) is 0 Å². The third-order valence-corrected chi connectivity index (χ3v) is 6.57. The number of rotatable bonds is 3. The van der Waals surface area contributed by atoms with E-state index in [-0.39, 0.29) is 5.56 Å². The maximum Gasteiger partial charge on any atom is 0.261 e. The van der Waals surface area contributed by atoms with Crippen molar-refractivity contribution >= 4 is 50.6 Å². The van der Waals surface area contributed by atoms with Crippen molar-refractivity contribution in [3.8, 4) is 11.4 Å². The van der Waals surface area contributed by atoms with Crippen LogP contribution in [-0.4, -0.2) is 29.5 Å². The number of benzene rings is 1. The van der Waals surface area contributed by atoms with Crippen molar-refractivity contribution in [3.05, 3.63) is 55.6 Å². The lowest BCUT2D eigenvalue weighted by Gasteiger charge is -2.19. The summed E-state index contributed by atoms with van der Waals surface area (Å²) in [6.07, 6.45) is 1.71. The first-order chi connectivity index (χ1) is 13.5. The molecule has 1 atom stereocenters. The Morgan fingerprint density at radius 3 is 2.55 bits per heavy atom. The van der Waals surface area contributed by atoms with Crippen molar-refractivity contribution < 1.29 is 4.55 Å². The van der Waals surface area contributed by atoms with E-state index in [2.05, 4.69) is 32.0 Å². The number of hydrogen-bond acceptors (Lipinski definition) is 5. The molecule has 3 rings (SSSR count). The molecule has 0 aliphatic heterocycles. The first kappa shape index (κ1) is 21.9. The Hall–Kier alpha value is -1.78. The number of pyridine rings is 1. The van der Waals surface area contributed by atoms with Crippen molar-refractivity contribution in [3.63, 3.8) is 0 Å². The standard InChI is InChI=1S/C21H23IN4O2S/c1-12-9-15(13(2)25-29(28)21(3,4)5)18-16(10-12)20(27)26(6)19(24-18)14-7-8-17(22)23-11-14/h7-11H,1-6H3. The monoisotopic (exact) mass is 522 g/mol. The number of fused-ring (bicyclic) bond motifs is 1. The normalized spacial score (nSPS) is 13.7.